The van der Waals surface area contributed by atoms with Gasteiger partial charge >= 0.3 is 0 Å². The number of likely N-dealkylation sites (tertiary alicyclic amines) is 1. The van der Waals surface area contributed by atoms with Crippen LogP contribution in [0.4, 0.5) is 0 Å². The van der Waals surface area contributed by atoms with Gasteiger partial charge in [0.2, 0.25) is 0 Å². The smallest absolute Gasteiger partial charge is 0.0107 e. The van der Waals surface area contributed by atoms with E-state index < -0.39 is 0 Å². The second-order valence-electron chi connectivity index (χ2n) is 5.13. The van der Waals surface area contributed by atoms with E-state index in [1.807, 2.05) is 0 Å². The molecule has 1 nitrogen and oxygen atoms in total. The number of fused-ring (bicyclic) bond motifs is 2. The monoisotopic (exact) mass is 179 g/mol. The van der Waals surface area contributed by atoms with Gasteiger partial charge in [-0.05, 0) is 45.4 Å². The van der Waals surface area contributed by atoms with E-state index in [1.165, 1.54) is 25.0 Å². The Labute approximate surface area is 81.8 Å². The Morgan fingerprint density at radius 3 is 2.46 bits per heavy atom. The molecular weight excluding hydrogens is 158 g/mol. The van der Waals surface area contributed by atoms with Crippen LogP contribution in [0.3, 0.4) is 0 Å². The second kappa shape index (κ2) is 3.13. The molecule has 0 radical (unpaired) electrons. The van der Waals surface area contributed by atoms with Crippen molar-refractivity contribution in [1.82, 2.24) is 4.90 Å². The molecule has 1 saturated heterocycles. The van der Waals surface area contributed by atoms with Gasteiger partial charge in [-0.15, -0.1) is 0 Å². The fourth-order valence-electron chi connectivity index (χ4n) is 3.22. The summed E-state index contributed by atoms with van der Waals surface area (Å²) >= 11 is 0. The average Bonchev–Trinajstić information content (AvgIpc) is 2.60. The maximum Gasteiger partial charge on any atom is 0.0107 e. The van der Waals surface area contributed by atoms with E-state index in [-0.39, 0.29) is 0 Å². The zero-order valence-electron chi connectivity index (χ0n) is 9.09. The normalized spacial score (nSPS) is 38.9. The Balaban J connectivity index is 2.03. The van der Waals surface area contributed by atoms with Crippen molar-refractivity contribution >= 4 is 0 Å². The van der Waals surface area contributed by atoms with Crippen LogP contribution in [0.1, 0.15) is 33.6 Å². The Morgan fingerprint density at radius 2 is 2.08 bits per heavy atom. The van der Waals surface area contributed by atoms with Crippen molar-refractivity contribution in [2.24, 2.45) is 11.8 Å². The number of nitrogens with zero attached hydrogens (tertiary/aromatic N) is 1. The highest BCUT2D eigenvalue weighted by Gasteiger charge is 2.45. The quantitative estimate of drug-likeness (QED) is 0.589. The molecule has 1 heterocycles. The van der Waals surface area contributed by atoms with Crippen LogP contribution in [0.5, 0.6) is 0 Å². The summed E-state index contributed by atoms with van der Waals surface area (Å²) in [5, 5.41) is 0. The molecule has 0 N–H and O–H groups in total. The van der Waals surface area contributed by atoms with Gasteiger partial charge < -0.3 is 0 Å². The molecule has 2 aliphatic rings. The molecule has 0 aromatic heterocycles. The summed E-state index contributed by atoms with van der Waals surface area (Å²) in [6.07, 6.45) is 2.80. The summed E-state index contributed by atoms with van der Waals surface area (Å²) < 4.78 is 0. The maximum absolute atomic E-state index is 4.11. The van der Waals surface area contributed by atoms with Crippen molar-refractivity contribution in [3.8, 4) is 0 Å². The molecule has 2 fully saturated rings. The van der Waals surface area contributed by atoms with E-state index in [2.05, 4.69) is 32.3 Å². The molecule has 1 aliphatic carbocycles. The molecule has 0 aromatic carbocycles. The van der Waals surface area contributed by atoms with Gasteiger partial charge in [0.15, 0.2) is 0 Å². The molecule has 0 amide bonds. The van der Waals surface area contributed by atoms with Crippen LogP contribution in [-0.2, 0) is 0 Å². The summed E-state index contributed by atoms with van der Waals surface area (Å²) in [6.45, 7) is 12.3. The van der Waals surface area contributed by atoms with E-state index in [0.29, 0.717) is 0 Å². The van der Waals surface area contributed by atoms with Gasteiger partial charge in [-0.25, -0.2) is 0 Å². The lowest BCUT2D eigenvalue weighted by Gasteiger charge is -2.34. The largest absolute Gasteiger partial charge is 0.298 e. The number of hydrogen-bond donors (Lipinski definition) is 0. The van der Waals surface area contributed by atoms with Gasteiger partial charge in [-0.3, -0.25) is 4.90 Å². The first kappa shape index (κ1) is 9.26. The van der Waals surface area contributed by atoms with Crippen LogP contribution >= 0.6 is 0 Å². The molecule has 0 aromatic rings. The minimum Gasteiger partial charge on any atom is -0.298 e. The van der Waals surface area contributed by atoms with Crippen LogP contribution in [0.2, 0.25) is 0 Å². The first-order chi connectivity index (χ1) is 6.09. The van der Waals surface area contributed by atoms with Gasteiger partial charge in [0.05, 0.1) is 0 Å². The van der Waals surface area contributed by atoms with Crippen LogP contribution in [0.15, 0.2) is 12.2 Å². The summed E-state index contributed by atoms with van der Waals surface area (Å²) in [5.74, 6) is 1.75. The zero-order valence-corrected chi connectivity index (χ0v) is 9.09. The predicted molar refractivity (Wildman–Crippen MR) is 56.7 cm³/mol. The molecule has 0 spiro atoms. The Bertz CT molecular complexity index is 219. The standard InChI is InChI=1S/C12H21N/c1-8(2)12-6-11-5-10(12)7-13(11)9(3)4/h9-12H,1,5-7H2,2-4H3. The summed E-state index contributed by atoms with van der Waals surface area (Å²) in [7, 11) is 0. The molecule has 1 aliphatic heterocycles. The second-order valence-corrected chi connectivity index (χ2v) is 5.13. The van der Waals surface area contributed by atoms with E-state index >= 15 is 0 Å². The third-order valence-electron chi connectivity index (χ3n) is 3.88. The molecule has 3 unspecified atom stereocenters. The van der Waals surface area contributed by atoms with E-state index in [1.54, 1.807) is 0 Å². The third-order valence-corrected chi connectivity index (χ3v) is 3.88. The van der Waals surface area contributed by atoms with Gasteiger partial charge in [0.1, 0.15) is 0 Å². The minimum absolute atomic E-state index is 0.737. The van der Waals surface area contributed by atoms with Crippen LogP contribution < -0.4 is 0 Å². The van der Waals surface area contributed by atoms with Gasteiger partial charge in [0.25, 0.3) is 0 Å². The lowest BCUT2D eigenvalue weighted by molar-refractivity contribution is 0.150. The van der Waals surface area contributed by atoms with E-state index in [4.69, 9.17) is 0 Å². The van der Waals surface area contributed by atoms with Crippen molar-refractivity contribution in [1.29, 1.82) is 0 Å². The van der Waals surface area contributed by atoms with Gasteiger partial charge in [-0.1, -0.05) is 12.2 Å². The SMILES string of the molecule is C=C(C)C1CC2CC1CN2C(C)C. The number of allylic oxidation sites excluding steroid dienone is 1. The Morgan fingerprint density at radius 1 is 1.38 bits per heavy atom. The molecule has 13 heavy (non-hydrogen) atoms. The first-order valence-corrected chi connectivity index (χ1v) is 5.50. The molecule has 1 saturated carbocycles. The van der Waals surface area contributed by atoms with Crippen molar-refractivity contribution in [2.45, 2.75) is 45.7 Å². The van der Waals surface area contributed by atoms with Crippen LogP contribution in [0, 0.1) is 11.8 Å². The first-order valence-electron chi connectivity index (χ1n) is 5.50. The van der Waals surface area contributed by atoms with Crippen LogP contribution in [-0.4, -0.2) is 23.5 Å². The molecule has 2 bridgehead atoms. The summed E-state index contributed by atoms with van der Waals surface area (Å²) in [5.41, 5.74) is 1.41. The highest BCUT2D eigenvalue weighted by atomic mass is 15.2. The third kappa shape index (κ3) is 1.43. The van der Waals surface area contributed by atoms with Crippen molar-refractivity contribution in [3.05, 3.63) is 12.2 Å². The molecule has 1 heteroatoms. The number of hydrogen-bond acceptors (Lipinski definition) is 1. The lowest BCUT2D eigenvalue weighted by Crippen LogP contribution is -2.40. The highest BCUT2D eigenvalue weighted by molar-refractivity contribution is 5.10. The van der Waals surface area contributed by atoms with Crippen LogP contribution in [0.25, 0.3) is 0 Å². The van der Waals surface area contributed by atoms with Gasteiger partial charge in [0, 0.05) is 18.6 Å². The van der Waals surface area contributed by atoms with E-state index in [0.717, 1.165) is 23.9 Å². The highest BCUT2D eigenvalue weighted by Crippen LogP contribution is 2.45. The predicted octanol–water partition coefficient (Wildman–Crippen LogP) is 2.68. The van der Waals surface area contributed by atoms with Crippen molar-refractivity contribution in [2.75, 3.05) is 6.54 Å². The molecule has 3 atom stereocenters. The minimum atomic E-state index is 0.737. The molecule has 74 valence electrons. The zero-order chi connectivity index (χ0) is 9.59. The average molecular weight is 179 g/mol. The maximum atomic E-state index is 4.11. The number of piperidine rings is 1. The summed E-state index contributed by atoms with van der Waals surface area (Å²) in [6, 6.07) is 1.60. The van der Waals surface area contributed by atoms with E-state index in [9.17, 15) is 0 Å². The fourth-order valence-corrected chi connectivity index (χ4v) is 3.22. The number of rotatable bonds is 2. The fraction of sp³-hybridized carbons (Fsp3) is 0.833. The lowest BCUT2D eigenvalue weighted by atomic mass is 9.88. The topological polar surface area (TPSA) is 3.24 Å². The van der Waals surface area contributed by atoms with Gasteiger partial charge in [-0.2, -0.15) is 0 Å². The van der Waals surface area contributed by atoms with Crippen molar-refractivity contribution < 1.29 is 0 Å². The summed E-state index contributed by atoms with van der Waals surface area (Å²) in [4.78, 5) is 2.67. The Kier molecular flexibility index (Phi) is 2.23. The molecule has 2 rings (SSSR count). The van der Waals surface area contributed by atoms with Crippen molar-refractivity contribution in [3.63, 3.8) is 0 Å². The Hall–Kier alpha value is -0.300. The molecular formula is C12H21N.